The second-order valence-corrected chi connectivity index (χ2v) is 21.3. The third-order valence-corrected chi connectivity index (χ3v) is 14.2. The van der Waals surface area contributed by atoms with Crippen molar-refractivity contribution in [3.63, 3.8) is 0 Å². The average molecular weight is 1040 g/mol. The number of likely N-dealkylation sites (N-methyl/N-ethyl adjacent to an activating group) is 1. The molecule has 0 radical (unpaired) electrons. The first-order valence-corrected chi connectivity index (χ1v) is 27.7. The van der Waals surface area contributed by atoms with E-state index in [9.17, 15) is 38.7 Å². The Labute approximate surface area is 438 Å². The number of rotatable bonds is 33. The van der Waals surface area contributed by atoms with Gasteiger partial charge in [-0.25, -0.2) is 9.78 Å². The molecule has 0 aliphatic carbocycles. The predicted molar refractivity (Wildman–Crippen MR) is 284 cm³/mol. The molecule has 0 spiro atoms. The fourth-order valence-electron chi connectivity index (χ4n) is 8.83. The molecule has 1 aliphatic heterocycles. The number of thiazole rings is 1. The summed E-state index contributed by atoms with van der Waals surface area (Å²) in [6.07, 6.45) is 6.52. The van der Waals surface area contributed by atoms with Crippen LogP contribution in [0.2, 0.25) is 0 Å². The molecule has 3 rings (SSSR count). The van der Waals surface area contributed by atoms with Crippen molar-refractivity contribution in [1.82, 2.24) is 41.4 Å². The van der Waals surface area contributed by atoms with Crippen LogP contribution in [0.3, 0.4) is 0 Å². The summed E-state index contributed by atoms with van der Waals surface area (Å²) in [7, 11) is 1.97. The first-order valence-electron chi connectivity index (χ1n) is 26.8. The highest BCUT2D eigenvalue weighted by molar-refractivity contribution is 7.09. The van der Waals surface area contributed by atoms with Crippen molar-refractivity contribution >= 4 is 52.9 Å². The van der Waals surface area contributed by atoms with Crippen molar-refractivity contribution < 1.29 is 48.1 Å². The normalized spacial score (nSPS) is 16.4. The van der Waals surface area contributed by atoms with Gasteiger partial charge >= 0.3 is 12.1 Å². The first-order chi connectivity index (χ1) is 34.8. The van der Waals surface area contributed by atoms with Gasteiger partial charge in [0.2, 0.25) is 23.6 Å². The van der Waals surface area contributed by atoms with Gasteiger partial charge < -0.3 is 46.1 Å². The number of amides is 6. The van der Waals surface area contributed by atoms with Crippen molar-refractivity contribution in [3.8, 4) is 5.75 Å². The lowest BCUT2D eigenvalue weighted by Crippen LogP contribution is -2.58. The Hall–Kier alpha value is -5.14. The third kappa shape index (κ3) is 22.1. The molecular formula is C54H88N8O10S. The fraction of sp³-hybridized carbons (Fsp3) is 0.704. The molecule has 0 bridgehead atoms. The molecule has 2 aromatic rings. The van der Waals surface area contributed by atoms with Gasteiger partial charge in [0.15, 0.2) is 0 Å². The van der Waals surface area contributed by atoms with Crippen LogP contribution in [-0.2, 0) is 35.1 Å². The molecule has 6 amide bonds. The lowest BCUT2D eigenvalue weighted by molar-refractivity contribution is -0.143. The second kappa shape index (κ2) is 32.9. The molecule has 6 N–H and O–H groups in total. The maximum atomic E-state index is 14.8. The lowest BCUT2D eigenvalue weighted by atomic mass is 9.92. The molecule has 1 aromatic carbocycles. The highest BCUT2D eigenvalue weighted by Crippen LogP contribution is 2.32. The van der Waals surface area contributed by atoms with Gasteiger partial charge in [-0.15, -0.1) is 11.3 Å². The van der Waals surface area contributed by atoms with E-state index < -0.39 is 42.1 Å². The Morgan fingerprint density at radius 1 is 0.863 bits per heavy atom. The Morgan fingerprint density at radius 2 is 1.55 bits per heavy atom. The number of aromatic nitrogens is 1. The summed E-state index contributed by atoms with van der Waals surface area (Å²) in [6.45, 7) is 20.6. The largest absolute Gasteiger partial charge is 0.481 e. The van der Waals surface area contributed by atoms with Crippen LogP contribution >= 0.6 is 11.3 Å². The van der Waals surface area contributed by atoms with Crippen LogP contribution < -0.4 is 31.3 Å². The molecular weight excluding hydrogens is 953 g/mol. The topological polar surface area (TPSA) is 238 Å². The molecule has 1 aromatic heterocycles. The smallest absolute Gasteiger partial charge is 0.412 e. The summed E-state index contributed by atoms with van der Waals surface area (Å²) in [5.41, 5.74) is 0.955. The van der Waals surface area contributed by atoms with Crippen molar-refractivity contribution in [2.75, 3.05) is 46.4 Å². The zero-order valence-corrected chi connectivity index (χ0v) is 46.2. The van der Waals surface area contributed by atoms with Crippen LogP contribution in [-0.4, -0.2) is 132 Å². The number of carbonyl (C=O) groups is 7. The lowest BCUT2D eigenvalue weighted by Gasteiger charge is -2.40. The van der Waals surface area contributed by atoms with Gasteiger partial charge in [0.05, 0.1) is 12.0 Å². The van der Waals surface area contributed by atoms with Crippen LogP contribution in [0.25, 0.3) is 0 Å². The van der Waals surface area contributed by atoms with Crippen molar-refractivity contribution in [3.05, 3.63) is 45.9 Å². The highest BCUT2D eigenvalue weighted by atomic mass is 32.1. The van der Waals surface area contributed by atoms with Gasteiger partial charge in [0, 0.05) is 69.5 Å². The summed E-state index contributed by atoms with van der Waals surface area (Å²) in [6, 6.07) is 4.98. The maximum absolute atomic E-state index is 14.8. The maximum Gasteiger partial charge on any atom is 0.412 e. The number of carboxylic acids is 1. The molecule has 1 unspecified atom stereocenters. The number of carboxylic acid groups (broad SMARTS) is 1. The number of ether oxygens (including phenoxy) is 2. The van der Waals surface area contributed by atoms with Crippen LogP contribution in [0.1, 0.15) is 167 Å². The number of hydrogen-bond donors (Lipinski definition) is 6. The number of nitrogens with one attached hydrogen (secondary N) is 5. The molecule has 2 heterocycles. The molecule has 1 aliphatic rings. The summed E-state index contributed by atoms with van der Waals surface area (Å²) in [4.78, 5) is 99.5. The number of hydrogen-bond acceptors (Lipinski definition) is 12. The summed E-state index contributed by atoms with van der Waals surface area (Å²) in [5.74, 6) is -2.17. The van der Waals surface area contributed by atoms with E-state index in [1.807, 2.05) is 53.5 Å². The van der Waals surface area contributed by atoms with Crippen LogP contribution in [0, 0.1) is 23.7 Å². The number of unbranched alkanes of at least 4 members (excludes halogenated alkanes) is 1. The van der Waals surface area contributed by atoms with E-state index in [1.165, 1.54) is 11.3 Å². The monoisotopic (exact) mass is 1040 g/mol. The quantitative estimate of drug-likeness (QED) is 0.0387. The fourth-order valence-corrected chi connectivity index (χ4v) is 9.69. The molecule has 19 heteroatoms. The summed E-state index contributed by atoms with van der Waals surface area (Å²) < 4.78 is 11.9. The Bertz CT molecular complexity index is 2030. The Balaban J connectivity index is 1.66. The number of carbonyl (C=O) groups excluding carboxylic acids is 6. The number of piperidine rings is 1. The Morgan fingerprint density at radius 3 is 2.16 bits per heavy atom. The van der Waals surface area contributed by atoms with E-state index in [4.69, 9.17) is 14.5 Å². The molecule has 1 saturated heterocycles. The van der Waals surface area contributed by atoms with E-state index in [0.717, 1.165) is 44.2 Å². The zero-order valence-electron chi connectivity index (χ0n) is 45.4. The Kier molecular flexibility index (Phi) is 28.0. The van der Waals surface area contributed by atoms with Gasteiger partial charge in [0.1, 0.15) is 28.6 Å². The van der Waals surface area contributed by atoms with E-state index >= 15 is 0 Å². The molecule has 0 saturated carbocycles. The minimum atomic E-state index is -0.991. The van der Waals surface area contributed by atoms with Crippen LogP contribution in [0.4, 0.5) is 4.79 Å². The molecule has 18 nitrogen and oxygen atoms in total. The van der Waals surface area contributed by atoms with Gasteiger partial charge in [0.25, 0.3) is 5.91 Å². The number of benzene rings is 1. The first kappa shape index (κ1) is 62.2. The number of likely N-dealkylation sites (tertiary alicyclic amines) is 1. The standard InChI is InChI=1S/C54H88N8O10S/c1-11-27-62(52(67)48(37(8)13-3)60-50(66)43-18-14-17-28-61(43)10)44(36(6)7)33-45(71-29-12-2)51-59-42(34-73-51)49(65)58-40(31-38(9)53(68)69)32-39-19-21-41(22-20-39)72-54(70)57-25-16-15-24-55-46(63)23-26-56-47(64)30-35(4)5/h19-22,34-38,40,43-45,48H,11-18,23-33H2,1-10H3,(H,55,63)(H,56,64)(H,57,70)(H,58,65)(H,60,66)(H,68,69)/t37-,38-,40+,43+,44?,45+,48-/m0/s1. The van der Waals surface area contributed by atoms with E-state index in [0.29, 0.717) is 75.5 Å². The highest BCUT2D eigenvalue weighted by Gasteiger charge is 2.38. The molecule has 1 fully saturated rings. The van der Waals surface area contributed by atoms with Gasteiger partial charge in [-0.2, -0.15) is 0 Å². The van der Waals surface area contributed by atoms with Gasteiger partial charge in [-0.05, 0) is 100 Å². The second-order valence-electron chi connectivity index (χ2n) is 20.4. The van der Waals surface area contributed by atoms with Crippen molar-refractivity contribution in [2.45, 2.75) is 176 Å². The van der Waals surface area contributed by atoms with E-state index in [2.05, 4.69) is 45.3 Å². The van der Waals surface area contributed by atoms with Crippen LogP contribution in [0.15, 0.2) is 29.6 Å². The molecule has 73 heavy (non-hydrogen) atoms. The van der Waals surface area contributed by atoms with Crippen molar-refractivity contribution in [2.24, 2.45) is 23.7 Å². The molecule has 7 atom stereocenters. The van der Waals surface area contributed by atoms with E-state index in [1.54, 1.807) is 36.6 Å². The van der Waals surface area contributed by atoms with Crippen molar-refractivity contribution in [1.29, 1.82) is 0 Å². The summed E-state index contributed by atoms with van der Waals surface area (Å²) >= 11 is 1.30. The van der Waals surface area contributed by atoms with E-state index in [-0.39, 0.29) is 78.5 Å². The number of nitrogens with zero attached hydrogens (tertiary/aromatic N) is 3. The summed E-state index contributed by atoms with van der Waals surface area (Å²) in [5, 5.41) is 26.6. The predicted octanol–water partition coefficient (Wildman–Crippen LogP) is 7.27. The minimum Gasteiger partial charge on any atom is -0.481 e. The SMILES string of the molecule is CCCO[C@H](CC(C(C)C)N(CCC)C(=O)[C@@H](NC(=O)[C@H]1CCCCN1C)[C@@H](C)CC)c1nc(C(=O)N[C@@H](Cc2ccc(OC(=O)NCCCCNC(=O)CCNC(=O)CC(C)C)cc2)C[C@H](C)C(=O)O)cs1. The van der Waals surface area contributed by atoms with Gasteiger partial charge in [-0.3, -0.25) is 33.7 Å². The zero-order chi connectivity index (χ0) is 54.0. The average Bonchev–Trinajstić information content (AvgIpc) is 3.84. The van der Waals surface area contributed by atoms with Crippen LogP contribution in [0.5, 0.6) is 5.75 Å². The molecule has 410 valence electrons. The minimum absolute atomic E-state index is 0.0240. The third-order valence-electron chi connectivity index (χ3n) is 13.2. The van der Waals surface area contributed by atoms with Gasteiger partial charge in [-0.1, -0.05) is 87.3 Å². The number of aliphatic carboxylic acids is 1.